The number of esters is 1. The van der Waals surface area contributed by atoms with Crippen molar-refractivity contribution in [3.8, 4) is 17.3 Å². The van der Waals surface area contributed by atoms with Gasteiger partial charge < -0.3 is 9.84 Å². The van der Waals surface area contributed by atoms with Crippen LogP contribution in [-0.4, -0.2) is 44.8 Å². The topological polar surface area (TPSA) is 156 Å². The number of nitriles is 1. The van der Waals surface area contributed by atoms with E-state index in [1.807, 2.05) is 6.07 Å². The Labute approximate surface area is 163 Å². The van der Waals surface area contributed by atoms with Crippen LogP contribution in [-0.2, 0) is 20.7 Å². The number of nitro benzene ring substituents is 1. The fourth-order valence-corrected chi connectivity index (χ4v) is 2.67. The third-order valence-corrected chi connectivity index (χ3v) is 4.03. The number of carbonyl (C=O) groups is 2. The molecule has 2 aromatic rings. The van der Waals surface area contributed by atoms with E-state index in [0.29, 0.717) is 16.4 Å². The molecule has 0 radical (unpaired) electrons. The number of rotatable bonds is 8. The van der Waals surface area contributed by atoms with Gasteiger partial charge >= 0.3 is 11.9 Å². The van der Waals surface area contributed by atoms with Crippen LogP contribution >= 0.6 is 11.8 Å². The van der Waals surface area contributed by atoms with Crippen LogP contribution in [0.5, 0.6) is 0 Å². The summed E-state index contributed by atoms with van der Waals surface area (Å²) in [5.74, 6) is -2.20. The van der Waals surface area contributed by atoms with Crippen LogP contribution in [0.1, 0.15) is 17.7 Å². The molecule has 0 amide bonds. The molecule has 0 aliphatic rings. The lowest BCUT2D eigenvalue weighted by Crippen LogP contribution is -2.13. The predicted molar refractivity (Wildman–Crippen MR) is 97.5 cm³/mol. The zero-order valence-corrected chi connectivity index (χ0v) is 15.4. The van der Waals surface area contributed by atoms with Gasteiger partial charge in [-0.3, -0.25) is 19.7 Å². The number of nitro groups is 1. The molecule has 0 saturated heterocycles. The lowest BCUT2D eigenvalue weighted by molar-refractivity contribution is -0.384. The number of ether oxygens (including phenoxy) is 1. The van der Waals surface area contributed by atoms with Crippen LogP contribution in [0.2, 0.25) is 0 Å². The maximum atomic E-state index is 11.3. The van der Waals surface area contributed by atoms with Crippen molar-refractivity contribution in [2.45, 2.75) is 18.0 Å². The van der Waals surface area contributed by atoms with Gasteiger partial charge in [0.25, 0.3) is 5.69 Å². The van der Waals surface area contributed by atoms with Crippen LogP contribution in [0.25, 0.3) is 11.3 Å². The van der Waals surface area contributed by atoms with Gasteiger partial charge in [0.2, 0.25) is 0 Å². The van der Waals surface area contributed by atoms with Crippen molar-refractivity contribution in [2.24, 2.45) is 0 Å². The number of carbonyl (C=O) groups excluding carboxylic acids is 1. The number of thioether (sulfide) groups is 1. The molecule has 1 aromatic heterocycles. The highest BCUT2D eigenvalue weighted by Crippen LogP contribution is 2.28. The van der Waals surface area contributed by atoms with Crippen LogP contribution < -0.4 is 0 Å². The molecule has 0 atom stereocenters. The maximum absolute atomic E-state index is 11.3. The standard InChI is InChI=1S/C17H14N4O6S/c1-28-17-19-13(5-6-27-15(24)8-14(22)23)12(9-18)16(20-17)10-3-2-4-11(7-10)21(25)26/h2-4,7H,5-6,8H2,1H3,(H,22,23). The van der Waals surface area contributed by atoms with Crippen molar-refractivity contribution in [1.82, 2.24) is 9.97 Å². The molecule has 0 fully saturated rings. The van der Waals surface area contributed by atoms with E-state index in [-0.39, 0.29) is 30.0 Å². The Balaban J connectivity index is 2.37. The molecule has 1 aromatic carbocycles. The predicted octanol–water partition coefficient (Wildman–Crippen LogP) is 2.21. The first-order chi connectivity index (χ1) is 13.3. The molecular weight excluding hydrogens is 388 g/mol. The molecule has 0 unspecified atom stereocenters. The summed E-state index contributed by atoms with van der Waals surface area (Å²) in [5, 5.41) is 29.5. The van der Waals surface area contributed by atoms with Crippen molar-refractivity contribution in [1.29, 1.82) is 5.26 Å². The second-order valence-corrected chi connectivity index (χ2v) is 6.11. The van der Waals surface area contributed by atoms with Gasteiger partial charge in [0.05, 0.1) is 22.9 Å². The Kier molecular flexibility index (Phi) is 7.00. The van der Waals surface area contributed by atoms with Gasteiger partial charge in [-0.1, -0.05) is 23.9 Å². The van der Waals surface area contributed by atoms with Crippen LogP contribution in [0.4, 0.5) is 5.69 Å². The van der Waals surface area contributed by atoms with E-state index < -0.39 is 23.3 Å². The summed E-state index contributed by atoms with van der Waals surface area (Å²) in [6, 6.07) is 7.72. The zero-order chi connectivity index (χ0) is 20.7. The monoisotopic (exact) mass is 402 g/mol. The second kappa shape index (κ2) is 9.43. The molecule has 0 spiro atoms. The molecule has 1 heterocycles. The van der Waals surface area contributed by atoms with Gasteiger partial charge in [-0.15, -0.1) is 0 Å². The Morgan fingerprint density at radius 2 is 2.14 bits per heavy atom. The lowest BCUT2D eigenvalue weighted by Gasteiger charge is -2.11. The molecule has 0 aliphatic heterocycles. The number of non-ortho nitro benzene ring substituents is 1. The number of benzene rings is 1. The third-order valence-electron chi connectivity index (χ3n) is 3.49. The minimum atomic E-state index is -1.30. The van der Waals surface area contributed by atoms with Gasteiger partial charge in [-0.25, -0.2) is 9.97 Å². The number of aliphatic carboxylic acids is 1. The van der Waals surface area contributed by atoms with Crippen molar-refractivity contribution in [3.63, 3.8) is 0 Å². The molecule has 1 N–H and O–H groups in total. The van der Waals surface area contributed by atoms with Crippen LogP contribution in [0.3, 0.4) is 0 Å². The largest absolute Gasteiger partial charge is 0.481 e. The molecule has 2 rings (SSSR count). The molecule has 0 saturated carbocycles. The van der Waals surface area contributed by atoms with Crippen LogP contribution in [0.15, 0.2) is 29.4 Å². The average Bonchev–Trinajstić information content (AvgIpc) is 2.66. The lowest BCUT2D eigenvalue weighted by atomic mass is 10.0. The molecule has 0 aliphatic carbocycles. The first-order valence-corrected chi connectivity index (χ1v) is 9.05. The van der Waals surface area contributed by atoms with Gasteiger partial charge in [0.15, 0.2) is 5.16 Å². The van der Waals surface area contributed by atoms with Crippen LogP contribution in [0, 0.1) is 21.4 Å². The van der Waals surface area contributed by atoms with E-state index in [1.165, 1.54) is 30.0 Å². The number of hydrogen-bond donors (Lipinski definition) is 1. The summed E-state index contributed by atoms with van der Waals surface area (Å²) in [6.07, 6.45) is 1.03. The third kappa shape index (κ3) is 5.24. The van der Waals surface area contributed by atoms with Crippen molar-refractivity contribution >= 4 is 29.4 Å². The summed E-state index contributed by atoms with van der Waals surface area (Å²) in [6.45, 7) is -0.167. The first kappa shape index (κ1) is 20.8. The fraction of sp³-hybridized carbons (Fsp3) is 0.235. The molecule has 0 bridgehead atoms. The number of aromatic nitrogens is 2. The van der Waals surface area contributed by atoms with Gasteiger partial charge in [0, 0.05) is 24.1 Å². The molecule has 10 nitrogen and oxygen atoms in total. The fourth-order valence-electron chi connectivity index (χ4n) is 2.29. The van der Waals surface area contributed by atoms with E-state index in [2.05, 4.69) is 9.97 Å². The van der Waals surface area contributed by atoms with Crippen molar-refractivity contribution in [3.05, 3.63) is 45.6 Å². The minimum absolute atomic E-state index is 0.0618. The number of hydrogen-bond acceptors (Lipinski definition) is 9. The Bertz CT molecular complexity index is 973. The zero-order valence-electron chi connectivity index (χ0n) is 14.6. The normalized spacial score (nSPS) is 10.1. The van der Waals surface area contributed by atoms with E-state index in [1.54, 1.807) is 12.3 Å². The quantitative estimate of drug-likeness (QED) is 0.173. The summed E-state index contributed by atoms with van der Waals surface area (Å²) >= 11 is 1.22. The second-order valence-electron chi connectivity index (χ2n) is 5.34. The van der Waals surface area contributed by atoms with E-state index in [0.717, 1.165) is 0 Å². The molecule has 11 heteroatoms. The summed E-state index contributed by atoms with van der Waals surface area (Å²) in [4.78, 5) is 40.9. The Hall–Kier alpha value is -3.52. The Morgan fingerprint density at radius 1 is 1.39 bits per heavy atom. The highest BCUT2D eigenvalue weighted by atomic mass is 32.2. The van der Waals surface area contributed by atoms with Gasteiger partial charge in [0.1, 0.15) is 18.1 Å². The smallest absolute Gasteiger partial charge is 0.317 e. The van der Waals surface area contributed by atoms with Crippen molar-refractivity contribution < 1.29 is 24.4 Å². The van der Waals surface area contributed by atoms with Gasteiger partial charge in [-0.2, -0.15) is 5.26 Å². The molecular formula is C17H14N4O6S. The van der Waals surface area contributed by atoms with E-state index in [9.17, 15) is 25.0 Å². The Morgan fingerprint density at radius 3 is 2.75 bits per heavy atom. The van der Waals surface area contributed by atoms with Gasteiger partial charge in [-0.05, 0) is 6.26 Å². The highest BCUT2D eigenvalue weighted by molar-refractivity contribution is 7.98. The highest BCUT2D eigenvalue weighted by Gasteiger charge is 2.18. The maximum Gasteiger partial charge on any atom is 0.317 e. The van der Waals surface area contributed by atoms with E-state index in [4.69, 9.17) is 9.84 Å². The number of carboxylic acids is 1. The minimum Gasteiger partial charge on any atom is -0.481 e. The molecule has 28 heavy (non-hydrogen) atoms. The van der Waals surface area contributed by atoms with Crippen molar-refractivity contribution in [2.75, 3.05) is 12.9 Å². The summed E-state index contributed by atoms with van der Waals surface area (Å²) < 4.78 is 4.84. The molecule has 144 valence electrons. The number of nitrogens with zero attached hydrogens (tertiary/aromatic N) is 4. The first-order valence-electron chi connectivity index (χ1n) is 7.83. The summed E-state index contributed by atoms with van der Waals surface area (Å²) in [7, 11) is 0. The number of carboxylic acid groups (broad SMARTS) is 1. The van der Waals surface area contributed by atoms with E-state index >= 15 is 0 Å². The SMILES string of the molecule is CSc1nc(CCOC(=O)CC(=O)O)c(C#N)c(-c2cccc([N+](=O)[O-])c2)n1. The summed E-state index contributed by atoms with van der Waals surface area (Å²) in [5.41, 5.74) is 0.874. The average molecular weight is 402 g/mol.